The van der Waals surface area contributed by atoms with E-state index in [1.807, 2.05) is 13.8 Å². The molecule has 1 fully saturated rings. The molecule has 0 aliphatic carbocycles. The van der Waals surface area contributed by atoms with Crippen LogP contribution in [0.15, 0.2) is 5.38 Å². The Morgan fingerprint density at radius 1 is 1.41 bits per heavy atom. The molecule has 0 radical (unpaired) electrons. The minimum atomic E-state index is 0.0618. The van der Waals surface area contributed by atoms with Gasteiger partial charge >= 0.3 is 0 Å². The van der Waals surface area contributed by atoms with Gasteiger partial charge < -0.3 is 10.1 Å². The zero-order valence-electron chi connectivity index (χ0n) is 13.7. The lowest BCUT2D eigenvalue weighted by Crippen LogP contribution is -2.50. The maximum absolute atomic E-state index is 11.9. The van der Waals surface area contributed by atoms with E-state index in [2.05, 4.69) is 25.5 Å². The summed E-state index contributed by atoms with van der Waals surface area (Å²) in [5, 5.41) is 6.21. The Bertz CT molecular complexity index is 472. The fourth-order valence-corrected chi connectivity index (χ4v) is 3.23. The number of amides is 1. The van der Waals surface area contributed by atoms with Gasteiger partial charge in [0.15, 0.2) is 0 Å². The van der Waals surface area contributed by atoms with Crippen LogP contribution in [0.2, 0.25) is 0 Å². The maximum Gasteiger partial charge on any atom is 0.234 e. The number of carbonyl (C=O) groups is 1. The summed E-state index contributed by atoms with van der Waals surface area (Å²) in [4.78, 5) is 21.1. The van der Waals surface area contributed by atoms with Crippen molar-refractivity contribution < 1.29 is 9.53 Å². The van der Waals surface area contributed by atoms with E-state index in [1.165, 1.54) is 0 Å². The first-order valence-corrected chi connectivity index (χ1v) is 8.59. The summed E-state index contributed by atoms with van der Waals surface area (Å²) in [5.74, 6) is 0.0770. The average molecular weight is 326 g/mol. The van der Waals surface area contributed by atoms with Crippen LogP contribution >= 0.6 is 11.3 Å². The van der Waals surface area contributed by atoms with E-state index in [0.717, 1.165) is 43.4 Å². The Morgan fingerprint density at radius 3 is 2.68 bits per heavy atom. The zero-order chi connectivity index (χ0) is 15.9. The summed E-state index contributed by atoms with van der Waals surface area (Å²) in [6.45, 7) is 9.74. The second kappa shape index (κ2) is 8.57. The lowest BCUT2D eigenvalue weighted by atomic mass is 10.3. The molecule has 6 nitrogen and oxygen atoms in total. The molecule has 1 aromatic rings. The summed E-state index contributed by atoms with van der Waals surface area (Å²) >= 11 is 1.70. The van der Waals surface area contributed by atoms with Crippen molar-refractivity contribution in [2.24, 2.45) is 0 Å². The van der Waals surface area contributed by atoms with Crippen LogP contribution in [0.3, 0.4) is 0 Å². The Balaban J connectivity index is 1.67. The van der Waals surface area contributed by atoms with Crippen LogP contribution in [0, 0.1) is 6.92 Å². The number of rotatable bonds is 7. The number of hydrogen-bond acceptors (Lipinski definition) is 6. The molecule has 1 aliphatic rings. The first-order chi connectivity index (χ1) is 10.6. The van der Waals surface area contributed by atoms with Gasteiger partial charge in [-0.1, -0.05) is 0 Å². The van der Waals surface area contributed by atoms with Crippen LogP contribution in [0.25, 0.3) is 0 Å². The molecule has 0 saturated carbocycles. The molecule has 0 aromatic carbocycles. The van der Waals surface area contributed by atoms with E-state index >= 15 is 0 Å². The average Bonchev–Trinajstić information content (AvgIpc) is 2.86. The predicted molar refractivity (Wildman–Crippen MR) is 88.0 cm³/mol. The van der Waals surface area contributed by atoms with Crippen LogP contribution < -0.4 is 5.32 Å². The highest BCUT2D eigenvalue weighted by molar-refractivity contribution is 7.09. The highest BCUT2D eigenvalue weighted by atomic mass is 32.1. The molecule has 1 N–H and O–H groups in total. The number of methoxy groups -OCH3 is 1. The number of ether oxygens (including phenoxy) is 1. The molecule has 1 amide bonds. The van der Waals surface area contributed by atoms with E-state index in [-0.39, 0.29) is 11.9 Å². The largest absolute Gasteiger partial charge is 0.383 e. The van der Waals surface area contributed by atoms with E-state index in [9.17, 15) is 4.79 Å². The number of nitrogens with zero attached hydrogens (tertiary/aromatic N) is 3. The highest BCUT2D eigenvalue weighted by Crippen LogP contribution is 2.12. The summed E-state index contributed by atoms with van der Waals surface area (Å²) in [7, 11) is 1.64. The molecule has 0 spiro atoms. The molecule has 1 saturated heterocycles. The van der Waals surface area contributed by atoms with Gasteiger partial charge in [0.25, 0.3) is 0 Å². The van der Waals surface area contributed by atoms with Gasteiger partial charge in [-0.3, -0.25) is 14.6 Å². The molecule has 1 aliphatic heterocycles. The van der Waals surface area contributed by atoms with Gasteiger partial charge in [-0.2, -0.15) is 0 Å². The van der Waals surface area contributed by atoms with Crippen molar-refractivity contribution >= 4 is 17.2 Å². The number of piperazine rings is 1. The topological polar surface area (TPSA) is 57.7 Å². The molecule has 1 unspecified atom stereocenters. The Hall–Kier alpha value is -1.02. The number of nitrogens with one attached hydrogen (secondary N) is 1. The van der Waals surface area contributed by atoms with Crippen molar-refractivity contribution in [3.8, 4) is 0 Å². The first kappa shape index (κ1) is 17.3. The van der Waals surface area contributed by atoms with Gasteiger partial charge in [0.1, 0.15) is 0 Å². The molecule has 124 valence electrons. The zero-order valence-corrected chi connectivity index (χ0v) is 14.5. The van der Waals surface area contributed by atoms with Gasteiger partial charge in [0.2, 0.25) is 5.91 Å². The molecule has 1 aromatic heterocycles. The second-order valence-corrected chi connectivity index (χ2v) is 6.90. The number of aromatic nitrogens is 1. The summed E-state index contributed by atoms with van der Waals surface area (Å²) in [5.41, 5.74) is 1.15. The molecular weight excluding hydrogens is 300 g/mol. The van der Waals surface area contributed by atoms with Crippen molar-refractivity contribution in [2.75, 3.05) is 46.4 Å². The lowest BCUT2D eigenvalue weighted by molar-refractivity contribution is -0.123. The third-order valence-electron chi connectivity index (χ3n) is 3.71. The lowest BCUT2D eigenvalue weighted by Gasteiger charge is -2.34. The third kappa shape index (κ3) is 5.64. The SMILES string of the molecule is COCC(C)NC(=O)CN1CCN(Cc2csc(C)n2)CC1. The predicted octanol–water partition coefficient (Wildman–Crippen LogP) is 0.720. The monoisotopic (exact) mass is 326 g/mol. The van der Waals surface area contributed by atoms with Crippen molar-refractivity contribution in [1.82, 2.24) is 20.1 Å². The highest BCUT2D eigenvalue weighted by Gasteiger charge is 2.20. The Morgan fingerprint density at radius 2 is 2.09 bits per heavy atom. The smallest absolute Gasteiger partial charge is 0.234 e. The van der Waals surface area contributed by atoms with Gasteiger partial charge in [-0.05, 0) is 13.8 Å². The first-order valence-electron chi connectivity index (χ1n) is 7.71. The Kier molecular flexibility index (Phi) is 6.75. The third-order valence-corrected chi connectivity index (χ3v) is 4.53. The van der Waals surface area contributed by atoms with E-state index in [4.69, 9.17) is 4.74 Å². The van der Waals surface area contributed by atoms with Gasteiger partial charge in [0, 0.05) is 51.3 Å². The van der Waals surface area contributed by atoms with Crippen LogP contribution in [-0.2, 0) is 16.1 Å². The summed E-state index contributed by atoms with van der Waals surface area (Å²) in [6, 6.07) is 0.0618. The fourth-order valence-electron chi connectivity index (χ4n) is 2.63. The van der Waals surface area contributed by atoms with E-state index < -0.39 is 0 Å². The minimum Gasteiger partial charge on any atom is -0.383 e. The number of carbonyl (C=O) groups excluding carboxylic acids is 1. The van der Waals surface area contributed by atoms with Crippen LogP contribution in [0.1, 0.15) is 17.6 Å². The van der Waals surface area contributed by atoms with Gasteiger partial charge in [0.05, 0.1) is 23.9 Å². The van der Waals surface area contributed by atoms with Crippen molar-refractivity contribution in [3.63, 3.8) is 0 Å². The van der Waals surface area contributed by atoms with Crippen LogP contribution in [-0.4, -0.2) is 73.2 Å². The van der Waals surface area contributed by atoms with Crippen molar-refractivity contribution in [2.45, 2.75) is 26.4 Å². The molecule has 7 heteroatoms. The molecule has 0 bridgehead atoms. The Labute approximate surface area is 136 Å². The molecule has 2 rings (SSSR count). The summed E-state index contributed by atoms with van der Waals surface area (Å²) < 4.78 is 5.03. The van der Waals surface area contributed by atoms with Crippen LogP contribution in [0.5, 0.6) is 0 Å². The number of thiazole rings is 1. The second-order valence-electron chi connectivity index (χ2n) is 5.83. The van der Waals surface area contributed by atoms with Crippen molar-refractivity contribution in [1.29, 1.82) is 0 Å². The minimum absolute atomic E-state index is 0.0618. The number of aryl methyl sites for hydroxylation is 1. The molecular formula is C15H26N4O2S. The van der Waals surface area contributed by atoms with Gasteiger partial charge in [-0.15, -0.1) is 11.3 Å². The molecule has 22 heavy (non-hydrogen) atoms. The maximum atomic E-state index is 11.9. The number of hydrogen-bond donors (Lipinski definition) is 1. The molecule has 1 atom stereocenters. The van der Waals surface area contributed by atoms with Crippen LogP contribution in [0.4, 0.5) is 0 Å². The van der Waals surface area contributed by atoms with E-state index in [1.54, 1.807) is 18.4 Å². The van der Waals surface area contributed by atoms with Crippen molar-refractivity contribution in [3.05, 3.63) is 16.1 Å². The molecule has 2 heterocycles. The standard InChI is InChI=1S/C15H26N4O2S/c1-12(10-21-3)16-15(20)9-19-6-4-18(5-7-19)8-14-11-22-13(2)17-14/h11-12H,4-10H2,1-3H3,(H,16,20). The van der Waals surface area contributed by atoms with Gasteiger partial charge in [-0.25, -0.2) is 4.98 Å². The quantitative estimate of drug-likeness (QED) is 0.800. The fraction of sp³-hybridized carbons (Fsp3) is 0.733. The normalized spacial score (nSPS) is 18.3. The summed E-state index contributed by atoms with van der Waals surface area (Å²) in [6.07, 6.45) is 0. The van der Waals surface area contributed by atoms with E-state index in [0.29, 0.717) is 13.2 Å².